The largest absolute Gasteiger partial charge is 0.619 e. The minimum atomic E-state index is -3.37. The fourth-order valence-electron chi connectivity index (χ4n) is 4.34. The third-order valence-electron chi connectivity index (χ3n) is 6.78. The zero-order valence-corrected chi connectivity index (χ0v) is 21.2. The van der Waals surface area contributed by atoms with Crippen molar-refractivity contribution in [2.75, 3.05) is 6.26 Å². The van der Waals surface area contributed by atoms with E-state index in [0.717, 1.165) is 49.0 Å². The van der Waals surface area contributed by atoms with Crippen LogP contribution in [0.4, 0.5) is 0 Å². The Kier molecular flexibility index (Phi) is 5.85. The molecule has 0 saturated carbocycles. The molecule has 0 atom stereocenters. The number of rotatable bonds is 5. The number of hydrogen-bond acceptors (Lipinski definition) is 4. The van der Waals surface area contributed by atoms with Crippen LogP contribution in [0.3, 0.4) is 0 Å². The molecule has 0 aliphatic heterocycles. The summed E-state index contributed by atoms with van der Waals surface area (Å²) < 4.78 is 25.0. The van der Waals surface area contributed by atoms with Crippen molar-refractivity contribution in [1.29, 1.82) is 0 Å². The fourth-order valence-corrected chi connectivity index (χ4v) is 4.89. The van der Waals surface area contributed by atoms with E-state index in [1.165, 1.54) is 6.26 Å². The monoisotopic (exact) mass is 494 g/mol. The van der Waals surface area contributed by atoms with Crippen molar-refractivity contribution in [3.8, 4) is 33.4 Å². The number of aromatic nitrogens is 2. The van der Waals surface area contributed by atoms with Crippen LogP contribution < -0.4 is 4.73 Å². The molecule has 5 aromatic rings. The molecule has 0 saturated heterocycles. The van der Waals surface area contributed by atoms with Gasteiger partial charge in [0.05, 0.1) is 10.3 Å². The van der Waals surface area contributed by atoms with Crippen LogP contribution in [-0.4, -0.2) is 19.7 Å². The molecule has 0 unspecified atom stereocenters. The van der Waals surface area contributed by atoms with E-state index in [0.29, 0.717) is 5.56 Å². The molecule has 5 rings (SSSR count). The highest BCUT2D eigenvalue weighted by Crippen LogP contribution is 2.37. The van der Waals surface area contributed by atoms with Crippen molar-refractivity contribution in [3.05, 3.63) is 114 Å². The quantitative estimate of drug-likeness (QED) is 0.217. The highest BCUT2D eigenvalue weighted by molar-refractivity contribution is 7.91. The Hall–Kier alpha value is -4.03. The molecule has 180 valence electrons. The second kappa shape index (κ2) is 8.88. The normalized spacial score (nSPS) is 12.1. The zero-order valence-electron chi connectivity index (χ0n) is 20.3. The molecule has 2 heterocycles. The standard InChI is InChI=1S/C30H26N2O3S/c1-30(2,36(3,34)35)27-17-24-13-8-14-31-29(24)28(18-27)23-12-7-11-22(15-23)26-16-25(19-32(33)20-26)21-9-5-4-6-10-21/h4-20H,1-3H3. The van der Waals surface area contributed by atoms with Gasteiger partial charge in [-0.25, -0.2) is 8.42 Å². The fraction of sp³-hybridized carbons (Fsp3) is 0.133. The van der Waals surface area contributed by atoms with E-state index in [1.54, 1.807) is 32.4 Å². The Labute approximate surface area is 211 Å². The van der Waals surface area contributed by atoms with Crippen molar-refractivity contribution >= 4 is 20.7 Å². The van der Waals surface area contributed by atoms with Crippen LogP contribution in [0, 0.1) is 5.21 Å². The molecule has 2 aromatic heterocycles. The lowest BCUT2D eigenvalue weighted by Crippen LogP contribution is -2.28. The van der Waals surface area contributed by atoms with E-state index in [-0.39, 0.29) is 0 Å². The van der Waals surface area contributed by atoms with Crippen LogP contribution in [0.15, 0.2) is 104 Å². The minimum Gasteiger partial charge on any atom is -0.619 e. The van der Waals surface area contributed by atoms with E-state index in [1.807, 2.05) is 84.9 Å². The van der Waals surface area contributed by atoms with Gasteiger partial charge >= 0.3 is 0 Å². The Morgan fingerprint density at radius 3 is 2.11 bits per heavy atom. The van der Waals surface area contributed by atoms with Crippen LogP contribution in [0.2, 0.25) is 0 Å². The average molecular weight is 495 g/mol. The maximum Gasteiger partial charge on any atom is 0.188 e. The van der Waals surface area contributed by atoms with Crippen molar-refractivity contribution in [3.63, 3.8) is 0 Å². The molecule has 0 aliphatic rings. The summed E-state index contributed by atoms with van der Waals surface area (Å²) in [6.45, 7) is 3.45. The lowest BCUT2D eigenvalue weighted by Gasteiger charge is -2.24. The third-order valence-corrected chi connectivity index (χ3v) is 8.87. The van der Waals surface area contributed by atoms with Crippen molar-refractivity contribution in [2.24, 2.45) is 0 Å². The van der Waals surface area contributed by atoms with Crippen LogP contribution in [0.5, 0.6) is 0 Å². The average Bonchev–Trinajstić information content (AvgIpc) is 2.87. The smallest absolute Gasteiger partial charge is 0.188 e. The maximum absolute atomic E-state index is 12.6. The summed E-state index contributed by atoms with van der Waals surface area (Å²) in [5.41, 5.74) is 6.70. The molecular weight excluding hydrogens is 468 g/mol. The molecule has 0 fully saturated rings. The van der Waals surface area contributed by atoms with E-state index in [9.17, 15) is 13.6 Å². The van der Waals surface area contributed by atoms with Gasteiger partial charge < -0.3 is 5.21 Å². The number of fused-ring (bicyclic) bond motifs is 1. The van der Waals surface area contributed by atoms with Gasteiger partial charge in [-0.3, -0.25) is 4.98 Å². The molecule has 0 aliphatic carbocycles. The van der Waals surface area contributed by atoms with Gasteiger partial charge in [0.25, 0.3) is 0 Å². The number of pyridine rings is 2. The summed E-state index contributed by atoms with van der Waals surface area (Å²) in [6.07, 6.45) is 6.13. The van der Waals surface area contributed by atoms with Gasteiger partial charge in [-0.1, -0.05) is 54.6 Å². The first-order valence-corrected chi connectivity index (χ1v) is 13.5. The van der Waals surface area contributed by atoms with Gasteiger partial charge in [-0.15, -0.1) is 0 Å². The van der Waals surface area contributed by atoms with Gasteiger partial charge in [0.2, 0.25) is 0 Å². The molecule has 5 nitrogen and oxygen atoms in total. The predicted molar refractivity (Wildman–Crippen MR) is 145 cm³/mol. The SMILES string of the molecule is CC(C)(c1cc(-c2cccc(-c3cc(-c4ccccc4)c[n+]([O-])c3)c2)c2ncccc2c1)S(C)(=O)=O. The van der Waals surface area contributed by atoms with E-state index in [2.05, 4.69) is 4.98 Å². The molecule has 0 radical (unpaired) electrons. The highest BCUT2D eigenvalue weighted by atomic mass is 32.2. The molecule has 3 aromatic carbocycles. The highest BCUT2D eigenvalue weighted by Gasteiger charge is 2.33. The Bertz CT molecular complexity index is 1690. The lowest BCUT2D eigenvalue weighted by atomic mass is 9.92. The second-order valence-corrected chi connectivity index (χ2v) is 12.1. The second-order valence-electron chi connectivity index (χ2n) is 9.50. The molecule has 0 amide bonds. The Balaban J connectivity index is 1.68. The topological polar surface area (TPSA) is 74.0 Å². The number of nitrogens with zero attached hydrogens (tertiary/aromatic N) is 2. The zero-order chi connectivity index (χ0) is 25.5. The van der Waals surface area contributed by atoms with Crippen LogP contribution >= 0.6 is 0 Å². The summed E-state index contributed by atoms with van der Waals surface area (Å²) in [7, 11) is -3.37. The predicted octanol–water partition coefficient (Wildman–Crippen LogP) is 6.15. The van der Waals surface area contributed by atoms with Crippen molar-refractivity contribution in [1.82, 2.24) is 4.98 Å². The first-order chi connectivity index (χ1) is 17.1. The molecule has 0 bridgehead atoms. The van der Waals surface area contributed by atoms with Gasteiger partial charge in [0, 0.05) is 34.5 Å². The minimum absolute atomic E-state index is 0.703. The number of hydrogen-bond donors (Lipinski definition) is 0. The van der Waals surface area contributed by atoms with Crippen LogP contribution in [0.25, 0.3) is 44.3 Å². The molecule has 6 heteroatoms. The summed E-state index contributed by atoms with van der Waals surface area (Å²) in [4.78, 5) is 4.61. The summed E-state index contributed by atoms with van der Waals surface area (Å²) >= 11 is 0. The van der Waals surface area contributed by atoms with Gasteiger partial charge in [-0.2, -0.15) is 4.73 Å². The summed E-state index contributed by atoms with van der Waals surface area (Å²) in [5.74, 6) is 0. The van der Waals surface area contributed by atoms with E-state index in [4.69, 9.17) is 0 Å². The number of sulfone groups is 1. The van der Waals surface area contributed by atoms with Gasteiger partial charge in [0.15, 0.2) is 22.2 Å². The third kappa shape index (κ3) is 4.36. The summed E-state index contributed by atoms with van der Waals surface area (Å²) in [5, 5.41) is 13.4. The van der Waals surface area contributed by atoms with Gasteiger partial charge in [-0.05, 0) is 66.4 Å². The Morgan fingerprint density at radius 1 is 0.750 bits per heavy atom. The summed E-state index contributed by atoms with van der Waals surface area (Å²) in [6, 6.07) is 27.3. The first kappa shape index (κ1) is 23.7. The lowest BCUT2D eigenvalue weighted by molar-refractivity contribution is -0.604. The van der Waals surface area contributed by atoms with E-state index < -0.39 is 14.6 Å². The van der Waals surface area contributed by atoms with Crippen molar-refractivity contribution in [2.45, 2.75) is 18.6 Å². The van der Waals surface area contributed by atoms with Crippen molar-refractivity contribution < 1.29 is 13.1 Å². The molecule has 0 N–H and O–H groups in total. The first-order valence-electron chi connectivity index (χ1n) is 11.6. The maximum atomic E-state index is 12.6. The molecule has 36 heavy (non-hydrogen) atoms. The molecule has 0 spiro atoms. The number of benzene rings is 3. The van der Waals surface area contributed by atoms with Crippen LogP contribution in [-0.2, 0) is 14.6 Å². The van der Waals surface area contributed by atoms with Crippen LogP contribution in [0.1, 0.15) is 19.4 Å². The van der Waals surface area contributed by atoms with E-state index >= 15 is 0 Å². The van der Waals surface area contributed by atoms with Gasteiger partial charge in [0.1, 0.15) is 0 Å². The molecular formula is C30H26N2O3S. The Morgan fingerprint density at radius 2 is 1.39 bits per heavy atom.